The van der Waals surface area contributed by atoms with Gasteiger partial charge in [-0.2, -0.15) is 0 Å². The number of carbonyl (C=O) groups excluding carboxylic acids is 1. The molecule has 0 saturated heterocycles. The summed E-state index contributed by atoms with van der Waals surface area (Å²) in [5.74, 6) is -10.6. The van der Waals surface area contributed by atoms with E-state index in [0.29, 0.717) is 0 Å². The summed E-state index contributed by atoms with van der Waals surface area (Å²) in [5.41, 5.74) is 0. The molecule has 0 radical (unpaired) electrons. The van der Waals surface area contributed by atoms with Gasteiger partial charge in [0.2, 0.25) is 0 Å². The van der Waals surface area contributed by atoms with E-state index in [1.165, 1.54) is 0 Å². The molecular weight excluding hydrogens is 195 g/mol. The molecule has 0 aliphatic heterocycles. The molecule has 1 nitrogen and oxygen atoms in total. The molecule has 1 aliphatic rings. The Hall–Kier alpha value is -1.20. The monoisotopic (exact) mass is 198 g/mol. The summed E-state index contributed by atoms with van der Waals surface area (Å²) >= 11 is 0. The van der Waals surface area contributed by atoms with Crippen LogP contribution in [0.15, 0.2) is 23.3 Å². The standard InChI is InChI=1S/C7H3F5O/c8-3-2(1-13)4(9)6(11)7(12)5(3)10/h1-3H. The third kappa shape index (κ3) is 1.36. The van der Waals surface area contributed by atoms with Crippen LogP contribution in [0, 0.1) is 5.92 Å². The zero-order valence-corrected chi connectivity index (χ0v) is 6.03. The van der Waals surface area contributed by atoms with Crippen LogP contribution in [-0.4, -0.2) is 12.5 Å². The van der Waals surface area contributed by atoms with E-state index in [0.717, 1.165) is 0 Å². The SMILES string of the molecule is O=CC1C(F)=C(F)C(F)=C(F)C1F. The Morgan fingerprint density at radius 2 is 1.46 bits per heavy atom. The first-order valence-corrected chi connectivity index (χ1v) is 3.20. The van der Waals surface area contributed by atoms with E-state index in [2.05, 4.69) is 0 Å². The third-order valence-corrected chi connectivity index (χ3v) is 1.61. The van der Waals surface area contributed by atoms with Crippen LogP contribution in [-0.2, 0) is 4.79 Å². The molecule has 2 atom stereocenters. The van der Waals surface area contributed by atoms with Gasteiger partial charge in [0, 0.05) is 0 Å². The van der Waals surface area contributed by atoms with Crippen LogP contribution in [0.2, 0.25) is 0 Å². The van der Waals surface area contributed by atoms with Crippen LogP contribution in [0.4, 0.5) is 22.0 Å². The topological polar surface area (TPSA) is 17.1 Å². The highest BCUT2D eigenvalue weighted by atomic mass is 19.2. The zero-order valence-electron chi connectivity index (χ0n) is 6.03. The summed E-state index contributed by atoms with van der Waals surface area (Å²) in [6.45, 7) is 0. The molecule has 0 aromatic rings. The molecule has 0 amide bonds. The molecule has 6 heteroatoms. The van der Waals surface area contributed by atoms with Gasteiger partial charge >= 0.3 is 0 Å². The van der Waals surface area contributed by atoms with Gasteiger partial charge in [0.05, 0.1) is 0 Å². The van der Waals surface area contributed by atoms with Gasteiger partial charge in [-0.3, -0.25) is 0 Å². The molecular formula is C7H3F5O. The van der Waals surface area contributed by atoms with E-state index in [4.69, 9.17) is 0 Å². The van der Waals surface area contributed by atoms with Crippen molar-refractivity contribution in [2.24, 2.45) is 5.92 Å². The summed E-state index contributed by atoms with van der Waals surface area (Å²) < 4.78 is 62.0. The van der Waals surface area contributed by atoms with Crippen LogP contribution < -0.4 is 0 Å². The Labute approximate surface area is 69.5 Å². The first-order valence-electron chi connectivity index (χ1n) is 3.20. The third-order valence-electron chi connectivity index (χ3n) is 1.61. The Morgan fingerprint density at radius 3 is 1.92 bits per heavy atom. The molecule has 0 heterocycles. The van der Waals surface area contributed by atoms with Gasteiger partial charge in [0.15, 0.2) is 29.5 Å². The average molecular weight is 198 g/mol. The van der Waals surface area contributed by atoms with Crippen LogP contribution in [0.5, 0.6) is 0 Å². The fourth-order valence-corrected chi connectivity index (χ4v) is 0.892. The molecule has 0 spiro atoms. The number of rotatable bonds is 1. The molecule has 2 unspecified atom stereocenters. The van der Waals surface area contributed by atoms with Crippen LogP contribution in [0.1, 0.15) is 0 Å². The van der Waals surface area contributed by atoms with Crippen molar-refractivity contribution in [3.63, 3.8) is 0 Å². The van der Waals surface area contributed by atoms with Gasteiger partial charge in [-0.05, 0) is 0 Å². The van der Waals surface area contributed by atoms with Crippen molar-refractivity contribution in [2.75, 3.05) is 0 Å². The van der Waals surface area contributed by atoms with E-state index in [-0.39, 0.29) is 6.29 Å². The molecule has 0 fully saturated rings. The van der Waals surface area contributed by atoms with Crippen LogP contribution >= 0.6 is 0 Å². The van der Waals surface area contributed by atoms with Crippen molar-refractivity contribution in [3.8, 4) is 0 Å². The Bertz CT molecular complexity index is 306. The van der Waals surface area contributed by atoms with E-state index in [1.54, 1.807) is 0 Å². The normalized spacial score (nSPS) is 29.6. The minimum absolute atomic E-state index is 0.314. The molecule has 1 rings (SSSR count). The Morgan fingerprint density at radius 1 is 1.00 bits per heavy atom. The average Bonchev–Trinajstić information content (AvgIpc) is 2.13. The summed E-state index contributed by atoms with van der Waals surface area (Å²) in [6.07, 6.45) is -3.09. The number of halogens is 5. The van der Waals surface area contributed by atoms with Crippen LogP contribution in [0.3, 0.4) is 0 Å². The summed E-state index contributed by atoms with van der Waals surface area (Å²) in [6, 6.07) is 0. The predicted octanol–water partition coefficient (Wildman–Crippen LogP) is 2.45. The second-order valence-electron chi connectivity index (χ2n) is 2.39. The van der Waals surface area contributed by atoms with Crippen molar-refractivity contribution in [1.29, 1.82) is 0 Å². The minimum Gasteiger partial charge on any atom is -0.302 e. The second-order valence-corrected chi connectivity index (χ2v) is 2.39. The highest BCUT2D eigenvalue weighted by Crippen LogP contribution is 2.38. The fourth-order valence-electron chi connectivity index (χ4n) is 0.892. The largest absolute Gasteiger partial charge is 0.302 e. The Kier molecular flexibility index (Phi) is 2.49. The quantitative estimate of drug-likeness (QED) is 0.467. The van der Waals surface area contributed by atoms with Crippen molar-refractivity contribution in [1.82, 2.24) is 0 Å². The summed E-state index contributed by atoms with van der Waals surface area (Å²) in [7, 11) is 0. The van der Waals surface area contributed by atoms with Gasteiger partial charge in [-0.1, -0.05) is 0 Å². The lowest BCUT2D eigenvalue weighted by Gasteiger charge is -2.17. The number of hydrogen-bond acceptors (Lipinski definition) is 1. The number of allylic oxidation sites excluding steroid dienone is 4. The first-order chi connectivity index (χ1) is 6.00. The molecule has 0 aromatic heterocycles. The molecule has 0 bridgehead atoms. The number of hydrogen-bond donors (Lipinski definition) is 0. The lowest BCUT2D eigenvalue weighted by Crippen LogP contribution is -2.24. The maximum absolute atomic E-state index is 12.6. The van der Waals surface area contributed by atoms with Crippen molar-refractivity contribution in [2.45, 2.75) is 6.17 Å². The minimum atomic E-state index is -2.78. The maximum Gasteiger partial charge on any atom is 0.196 e. The molecule has 0 aromatic carbocycles. The van der Waals surface area contributed by atoms with E-state index in [9.17, 15) is 26.7 Å². The van der Waals surface area contributed by atoms with E-state index in [1.807, 2.05) is 0 Å². The first kappa shape index (κ1) is 9.88. The molecule has 0 saturated carbocycles. The van der Waals surface area contributed by atoms with Gasteiger partial charge in [0.25, 0.3) is 0 Å². The van der Waals surface area contributed by atoms with Gasteiger partial charge in [0.1, 0.15) is 12.2 Å². The second kappa shape index (κ2) is 3.27. The number of alkyl halides is 1. The fraction of sp³-hybridized carbons (Fsp3) is 0.286. The predicted molar refractivity (Wildman–Crippen MR) is 32.9 cm³/mol. The van der Waals surface area contributed by atoms with Gasteiger partial charge < -0.3 is 4.79 Å². The van der Waals surface area contributed by atoms with Crippen molar-refractivity contribution < 1.29 is 26.7 Å². The van der Waals surface area contributed by atoms with Crippen molar-refractivity contribution >= 4 is 6.29 Å². The number of carbonyl (C=O) groups is 1. The number of aldehydes is 1. The molecule has 1 aliphatic carbocycles. The lowest BCUT2D eigenvalue weighted by atomic mass is 9.97. The zero-order chi connectivity index (χ0) is 10.2. The molecule has 13 heavy (non-hydrogen) atoms. The summed E-state index contributed by atoms with van der Waals surface area (Å²) in [5, 5.41) is 0. The summed E-state index contributed by atoms with van der Waals surface area (Å²) in [4.78, 5) is 9.99. The van der Waals surface area contributed by atoms with E-state index < -0.39 is 35.4 Å². The van der Waals surface area contributed by atoms with Gasteiger partial charge in [-0.25, -0.2) is 22.0 Å². The molecule has 72 valence electrons. The maximum atomic E-state index is 12.6. The van der Waals surface area contributed by atoms with Crippen LogP contribution in [0.25, 0.3) is 0 Å². The highest BCUT2D eigenvalue weighted by Gasteiger charge is 2.40. The molecule has 0 N–H and O–H groups in total. The highest BCUT2D eigenvalue weighted by molar-refractivity contribution is 5.62. The van der Waals surface area contributed by atoms with Gasteiger partial charge in [-0.15, -0.1) is 0 Å². The van der Waals surface area contributed by atoms with E-state index >= 15 is 0 Å². The Balaban J connectivity index is 3.22. The van der Waals surface area contributed by atoms with Crippen molar-refractivity contribution in [3.05, 3.63) is 23.3 Å². The lowest BCUT2D eigenvalue weighted by molar-refractivity contribution is -0.112. The smallest absolute Gasteiger partial charge is 0.196 e.